The van der Waals surface area contributed by atoms with E-state index in [9.17, 15) is 9.90 Å². The summed E-state index contributed by atoms with van der Waals surface area (Å²) in [5, 5.41) is 13.0. The van der Waals surface area contributed by atoms with Crippen molar-refractivity contribution in [1.29, 1.82) is 0 Å². The van der Waals surface area contributed by atoms with E-state index in [4.69, 9.17) is 16.3 Å². The van der Waals surface area contributed by atoms with E-state index in [1.807, 2.05) is 6.92 Å². The highest BCUT2D eigenvalue weighted by molar-refractivity contribution is 7.21. The minimum absolute atomic E-state index is 0.280. The number of fused-ring (bicyclic) bond motifs is 1. The van der Waals surface area contributed by atoms with Gasteiger partial charge in [-0.25, -0.2) is 19.9 Å². The Kier molecular flexibility index (Phi) is 6.77. The Morgan fingerprint density at radius 1 is 1.18 bits per heavy atom. The Bertz CT molecular complexity index is 1330. The van der Waals surface area contributed by atoms with Crippen LogP contribution in [-0.4, -0.2) is 49.1 Å². The van der Waals surface area contributed by atoms with Crippen molar-refractivity contribution in [3.63, 3.8) is 0 Å². The van der Waals surface area contributed by atoms with Gasteiger partial charge < -0.3 is 9.84 Å². The summed E-state index contributed by atoms with van der Waals surface area (Å²) in [6, 6.07) is 3.44. The first-order valence-electron chi connectivity index (χ1n) is 10.1. The van der Waals surface area contributed by atoms with Crippen molar-refractivity contribution in [2.45, 2.75) is 32.8 Å². The highest BCUT2D eigenvalue weighted by Crippen LogP contribution is 2.34. The molecule has 4 heterocycles. The number of nitrogens with one attached hydrogen (secondary N) is 1. The summed E-state index contributed by atoms with van der Waals surface area (Å²) in [4.78, 5) is 35.4. The zero-order valence-corrected chi connectivity index (χ0v) is 19.7. The van der Waals surface area contributed by atoms with E-state index in [0.717, 1.165) is 5.69 Å². The Labute approximate surface area is 198 Å². The number of methoxy groups -OCH3 is 1. The van der Waals surface area contributed by atoms with E-state index in [2.05, 4.69) is 30.2 Å². The first kappa shape index (κ1) is 23.0. The van der Waals surface area contributed by atoms with Crippen molar-refractivity contribution < 1.29 is 14.6 Å². The molecule has 33 heavy (non-hydrogen) atoms. The summed E-state index contributed by atoms with van der Waals surface area (Å²) in [5.74, 6) is 0.726. The number of aromatic nitrogens is 5. The lowest BCUT2D eigenvalue weighted by Gasteiger charge is -2.13. The largest absolute Gasteiger partial charge is 0.494 e. The van der Waals surface area contributed by atoms with E-state index in [0.29, 0.717) is 56.6 Å². The molecule has 4 aromatic heterocycles. The fraction of sp³-hybridized carbons (Fsp3) is 0.273. The van der Waals surface area contributed by atoms with Crippen LogP contribution in [0.2, 0.25) is 5.15 Å². The molecule has 9 nitrogen and oxygen atoms in total. The molecule has 0 aliphatic carbocycles. The molecule has 0 bridgehead atoms. The fourth-order valence-corrected chi connectivity index (χ4v) is 4.18. The zero-order chi connectivity index (χ0) is 23.5. The van der Waals surface area contributed by atoms with Crippen molar-refractivity contribution >= 4 is 44.3 Å². The van der Waals surface area contributed by atoms with Gasteiger partial charge in [-0.1, -0.05) is 22.9 Å². The summed E-state index contributed by atoms with van der Waals surface area (Å²) >= 11 is 7.36. The molecule has 0 aromatic carbocycles. The molecule has 4 rings (SSSR count). The predicted molar refractivity (Wildman–Crippen MR) is 127 cm³/mol. The first-order chi connectivity index (χ1) is 15.8. The lowest BCUT2D eigenvalue weighted by atomic mass is 10.0. The van der Waals surface area contributed by atoms with Crippen LogP contribution in [0.1, 0.15) is 35.2 Å². The maximum Gasteiger partial charge on any atom is 0.259 e. The standard InChI is InChI=1S/C22H21ClN6O3S/c1-11-6-13(14-7-18(23)25-10-17(14)32-3)15(8-24-11)20(31)29-22-27-16-9-26-19(5-4-12(2)30)28-21(16)33-22/h6-10,12,30H,4-5H2,1-3H3,(H,27,29,31)/t12-/m0/s1. The fourth-order valence-electron chi connectivity index (χ4n) is 3.20. The van der Waals surface area contributed by atoms with Crippen LogP contribution in [0, 0.1) is 6.92 Å². The van der Waals surface area contributed by atoms with E-state index in [-0.39, 0.29) is 11.1 Å². The molecular weight excluding hydrogens is 464 g/mol. The molecule has 4 aromatic rings. The van der Waals surface area contributed by atoms with E-state index in [1.165, 1.54) is 30.8 Å². The number of aliphatic hydroxyl groups is 1. The van der Waals surface area contributed by atoms with Gasteiger partial charge in [0.25, 0.3) is 5.91 Å². The lowest BCUT2D eigenvalue weighted by Crippen LogP contribution is -2.14. The smallest absolute Gasteiger partial charge is 0.259 e. The summed E-state index contributed by atoms with van der Waals surface area (Å²) in [5.41, 5.74) is 2.90. The minimum atomic E-state index is -0.424. The third-order valence-electron chi connectivity index (χ3n) is 4.84. The van der Waals surface area contributed by atoms with Gasteiger partial charge in [-0.05, 0) is 32.4 Å². The zero-order valence-electron chi connectivity index (χ0n) is 18.2. The number of aliphatic hydroxyl groups excluding tert-OH is 1. The molecule has 0 aliphatic heterocycles. The number of nitrogens with zero attached hydrogens (tertiary/aromatic N) is 5. The van der Waals surface area contributed by atoms with Crippen LogP contribution in [0.15, 0.2) is 30.7 Å². The van der Waals surface area contributed by atoms with Crippen molar-refractivity contribution in [2.75, 3.05) is 12.4 Å². The number of hydrogen-bond donors (Lipinski definition) is 2. The third-order valence-corrected chi connectivity index (χ3v) is 5.92. The maximum atomic E-state index is 13.2. The van der Waals surface area contributed by atoms with E-state index < -0.39 is 6.10 Å². The molecular formula is C22H21ClN6O3S. The first-order valence-corrected chi connectivity index (χ1v) is 11.3. The average molecular weight is 485 g/mol. The molecule has 170 valence electrons. The summed E-state index contributed by atoms with van der Waals surface area (Å²) in [6.07, 6.45) is 5.34. The van der Waals surface area contributed by atoms with Gasteiger partial charge in [0.2, 0.25) is 0 Å². The predicted octanol–water partition coefficient (Wildman–Crippen LogP) is 4.08. The van der Waals surface area contributed by atoms with Gasteiger partial charge in [-0.15, -0.1) is 0 Å². The molecule has 0 aliphatic rings. The van der Waals surface area contributed by atoms with Crippen molar-refractivity contribution in [3.8, 4) is 16.9 Å². The van der Waals surface area contributed by atoms with Gasteiger partial charge >= 0.3 is 0 Å². The Balaban J connectivity index is 1.64. The number of aryl methyl sites for hydroxylation is 2. The second kappa shape index (κ2) is 9.74. The number of halogens is 1. The Morgan fingerprint density at radius 3 is 2.76 bits per heavy atom. The van der Waals surface area contributed by atoms with Crippen LogP contribution in [0.4, 0.5) is 5.13 Å². The molecule has 0 fully saturated rings. The summed E-state index contributed by atoms with van der Waals surface area (Å²) in [7, 11) is 1.53. The van der Waals surface area contributed by atoms with Crippen LogP contribution in [-0.2, 0) is 6.42 Å². The monoisotopic (exact) mass is 484 g/mol. The highest BCUT2D eigenvalue weighted by atomic mass is 35.5. The Hall–Kier alpha value is -3.21. The molecule has 2 N–H and O–H groups in total. The number of hydrogen-bond acceptors (Lipinski definition) is 9. The van der Waals surface area contributed by atoms with E-state index >= 15 is 0 Å². The minimum Gasteiger partial charge on any atom is -0.494 e. The topological polar surface area (TPSA) is 123 Å². The second-order valence-electron chi connectivity index (χ2n) is 7.42. The van der Waals surface area contributed by atoms with Crippen LogP contribution in [0.3, 0.4) is 0 Å². The number of anilines is 1. The molecule has 1 atom stereocenters. The number of carbonyl (C=O) groups excluding carboxylic acids is 1. The number of thiazole rings is 1. The number of amides is 1. The van der Waals surface area contributed by atoms with Gasteiger partial charge in [0, 0.05) is 29.4 Å². The van der Waals surface area contributed by atoms with Crippen LogP contribution >= 0.6 is 22.9 Å². The second-order valence-corrected chi connectivity index (χ2v) is 8.78. The molecule has 0 spiro atoms. The highest BCUT2D eigenvalue weighted by Gasteiger charge is 2.19. The van der Waals surface area contributed by atoms with Gasteiger partial charge in [-0.3, -0.25) is 15.1 Å². The van der Waals surface area contributed by atoms with Gasteiger partial charge in [0.1, 0.15) is 27.1 Å². The summed E-state index contributed by atoms with van der Waals surface area (Å²) < 4.78 is 5.42. The van der Waals surface area contributed by atoms with E-state index in [1.54, 1.807) is 25.3 Å². The Morgan fingerprint density at radius 2 is 2.00 bits per heavy atom. The SMILES string of the molecule is COc1cnc(Cl)cc1-c1cc(C)ncc1C(=O)Nc1nc2cnc(CC[C@H](C)O)nc2s1. The quantitative estimate of drug-likeness (QED) is 0.376. The molecule has 0 unspecified atom stereocenters. The normalized spacial score (nSPS) is 12.0. The molecule has 1 amide bonds. The molecule has 11 heteroatoms. The molecule has 0 saturated heterocycles. The van der Waals surface area contributed by atoms with Crippen molar-refractivity contribution in [3.05, 3.63) is 53.0 Å². The van der Waals surface area contributed by atoms with Gasteiger partial charge in [-0.2, -0.15) is 0 Å². The summed E-state index contributed by atoms with van der Waals surface area (Å²) in [6.45, 7) is 3.56. The van der Waals surface area contributed by atoms with Crippen LogP contribution < -0.4 is 10.1 Å². The number of carbonyl (C=O) groups is 1. The number of rotatable bonds is 7. The third kappa shape index (κ3) is 5.24. The lowest BCUT2D eigenvalue weighted by molar-refractivity contribution is 0.102. The number of pyridine rings is 2. The maximum absolute atomic E-state index is 13.2. The number of ether oxygens (including phenoxy) is 1. The van der Waals surface area contributed by atoms with Crippen molar-refractivity contribution in [2.24, 2.45) is 0 Å². The molecule has 0 radical (unpaired) electrons. The van der Waals surface area contributed by atoms with Gasteiger partial charge in [0.05, 0.1) is 31.2 Å². The van der Waals surface area contributed by atoms with Gasteiger partial charge in [0.15, 0.2) is 5.13 Å². The molecule has 0 saturated carbocycles. The van der Waals surface area contributed by atoms with Crippen molar-refractivity contribution in [1.82, 2.24) is 24.9 Å². The van der Waals surface area contributed by atoms with Crippen LogP contribution in [0.25, 0.3) is 21.5 Å². The van der Waals surface area contributed by atoms with Crippen LogP contribution in [0.5, 0.6) is 5.75 Å². The average Bonchev–Trinajstić information content (AvgIpc) is 3.18.